The van der Waals surface area contributed by atoms with Crippen LogP contribution in [-0.4, -0.2) is 9.38 Å². The molecule has 0 fully saturated rings. The smallest absolute Gasteiger partial charge is 0.157 e. The van der Waals surface area contributed by atoms with E-state index in [1.165, 1.54) is 12.1 Å². The van der Waals surface area contributed by atoms with Crippen LogP contribution in [0.5, 0.6) is 0 Å². The monoisotopic (exact) mass is 321 g/mol. The van der Waals surface area contributed by atoms with E-state index in [4.69, 9.17) is 11.6 Å². The molecule has 0 unspecified atom stereocenters. The molecule has 0 saturated heterocycles. The topological polar surface area (TPSA) is 41.1 Å². The van der Waals surface area contributed by atoms with Crippen LogP contribution in [0.25, 0.3) is 27.8 Å². The van der Waals surface area contributed by atoms with E-state index >= 15 is 0 Å². The van der Waals surface area contributed by atoms with Crippen molar-refractivity contribution in [2.24, 2.45) is 0 Å². The van der Waals surface area contributed by atoms with E-state index in [1.807, 2.05) is 24.3 Å². The zero-order chi connectivity index (χ0) is 16.0. The predicted octanol–water partition coefficient (Wildman–Crippen LogP) is 4.82. The van der Waals surface area contributed by atoms with Gasteiger partial charge in [0, 0.05) is 5.56 Å². The van der Waals surface area contributed by atoms with Gasteiger partial charge in [-0.3, -0.25) is 4.40 Å². The standard InChI is InChI=1S/C18H9ClFN3/c19-17-9-13(11-5-7-12(20)8-6-11)14(10-21)18-22-15-3-1-2-4-16(15)23(17)18/h1-9H. The largest absolute Gasteiger partial charge is 0.282 e. The summed E-state index contributed by atoms with van der Waals surface area (Å²) in [6.45, 7) is 0. The van der Waals surface area contributed by atoms with Crippen molar-refractivity contribution in [3.05, 3.63) is 71.1 Å². The number of hydrogen-bond donors (Lipinski definition) is 0. The van der Waals surface area contributed by atoms with Gasteiger partial charge in [0.25, 0.3) is 0 Å². The fraction of sp³-hybridized carbons (Fsp3) is 0. The van der Waals surface area contributed by atoms with Gasteiger partial charge in [0.05, 0.1) is 11.0 Å². The highest BCUT2D eigenvalue weighted by Crippen LogP contribution is 2.32. The first-order valence-electron chi connectivity index (χ1n) is 6.95. The number of aromatic nitrogens is 2. The van der Waals surface area contributed by atoms with Gasteiger partial charge in [-0.1, -0.05) is 35.9 Å². The Morgan fingerprint density at radius 1 is 1.09 bits per heavy atom. The lowest BCUT2D eigenvalue weighted by Crippen LogP contribution is -1.95. The predicted molar refractivity (Wildman–Crippen MR) is 87.8 cm³/mol. The highest BCUT2D eigenvalue weighted by atomic mass is 35.5. The van der Waals surface area contributed by atoms with E-state index < -0.39 is 0 Å². The molecule has 23 heavy (non-hydrogen) atoms. The molecule has 0 atom stereocenters. The van der Waals surface area contributed by atoms with E-state index in [-0.39, 0.29) is 5.82 Å². The number of benzene rings is 2. The molecule has 0 aliphatic carbocycles. The Morgan fingerprint density at radius 2 is 1.83 bits per heavy atom. The van der Waals surface area contributed by atoms with Crippen LogP contribution in [0.2, 0.25) is 5.15 Å². The molecular formula is C18H9ClFN3. The van der Waals surface area contributed by atoms with Crippen LogP contribution in [0.1, 0.15) is 5.56 Å². The van der Waals surface area contributed by atoms with Crippen LogP contribution < -0.4 is 0 Å². The fourth-order valence-electron chi connectivity index (χ4n) is 2.75. The number of para-hydroxylation sites is 2. The van der Waals surface area contributed by atoms with Crippen LogP contribution in [-0.2, 0) is 0 Å². The Hall–Kier alpha value is -2.90. The molecule has 2 aromatic carbocycles. The summed E-state index contributed by atoms with van der Waals surface area (Å²) in [5.41, 5.74) is 3.88. The van der Waals surface area contributed by atoms with Crippen LogP contribution in [0, 0.1) is 17.1 Å². The van der Waals surface area contributed by atoms with E-state index in [9.17, 15) is 9.65 Å². The molecule has 3 nitrogen and oxygen atoms in total. The number of halogens is 2. The van der Waals surface area contributed by atoms with Crippen molar-refractivity contribution in [3.63, 3.8) is 0 Å². The molecule has 4 rings (SSSR count). The lowest BCUT2D eigenvalue weighted by molar-refractivity contribution is 0.628. The summed E-state index contributed by atoms with van der Waals surface area (Å²) in [6, 6.07) is 17.4. The molecule has 0 aliphatic heterocycles. The van der Waals surface area contributed by atoms with Gasteiger partial charge in [-0.2, -0.15) is 5.26 Å². The Bertz CT molecular complexity index is 1090. The molecule has 2 heterocycles. The summed E-state index contributed by atoms with van der Waals surface area (Å²) < 4.78 is 14.9. The number of rotatable bonds is 1. The van der Waals surface area contributed by atoms with E-state index in [0.29, 0.717) is 21.9 Å². The SMILES string of the molecule is N#Cc1c(-c2ccc(F)cc2)cc(Cl)n2c1nc1ccccc12. The maximum Gasteiger partial charge on any atom is 0.157 e. The highest BCUT2D eigenvalue weighted by molar-refractivity contribution is 6.30. The third kappa shape index (κ3) is 2.06. The molecule has 0 aliphatic rings. The zero-order valence-corrected chi connectivity index (χ0v) is 12.5. The first-order valence-corrected chi connectivity index (χ1v) is 7.32. The molecule has 0 spiro atoms. The Kier molecular flexibility index (Phi) is 3.03. The maximum absolute atomic E-state index is 13.1. The van der Waals surface area contributed by atoms with Crippen LogP contribution >= 0.6 is 11.6 Å². The maximum atomic E-state index is 13.1. The highest BCUT2D eigenvalue weighted by Gasteiger charge is 2.17. The molecule has 110 valence electrons. The number of pyridine rings is 1. The molecule has 0 N–H and O–H groups in total. The minimum absolute atomic E-state index is 0.328. The average molecular weight is 322 g/mol. The second-order valence-electron chi connectivity index (χ2n) is 5.13. The molecule has 0 saturated carbocycles. The van der Waals surface area contributed by atoms with Crippen LogP contribution in [0.4, 0.5) is 4.39 Å². The molecule has 0 bridgehead atoms. The minimum Gasteiger partial charge on any atom is -0.282 e. The van der Waals surface area contributed by atoms with Gasteiger partial charge in [-0.15, -0.1) is 0 Å². The Labute approximate surface area is 136 Å². The lowest BCUT2D eigenvalue weighted by atomic mass is 10.0. The summed E-state index contributed by atoms with van der Waals surface area (Å²) in [5, 5.41) is 10.1. The summed E-state index contributed by atoms with van der Waals surface area (Å²) in [6.07, 6.45) is 0. The third-order valence-electron chi connectivity index (χ3n) is 3.80. The summed E-state index contributed by atoms with van der Waals surface area (Å²) in [5.74, 6) is -0.328. The van der Waals surface area contributed by atoms with E-state index in [2.05, 4.69) is 11.1 Å². The van der Waals surface area contributed by atoms with Gasteiger partial charge < -0.3 is 0 Å². The summed E-state index contributed by atoms with van der Waals surface area (Å²) in [4.78, 5) is 4.53. The van der Waals surface area contributed by atoms with Crippen LogP contribution in [0.3, 0.4) is 0 Å². The van der Waals surface area contributed by atoms with Crippen molar-refractivity contribution in [1.82, 2.24) is 9.38 Å². The number of fused-ring (bicyclic) bond motifs is 3. The van der Waals surface area contributed by atoms with Crippen molar-refractivity contribution >= 4 is 28.3 Å². The van der Waals surface area contributed by atoms with E-state index in [0.717, 1.165) is 16.6 Å². The van der Waals surface area contributed by atoms with Gasteiger partial charge in [-0.05, 0) is 35.9 Å². The van der Waals surface area contributed by atoms with Crippen molar-refractivity contribution < 1.29 is 4.39 Å². The molecule has 0 radical (unpaired) electrons. The molecule has 5 heteroatoms. The second kappa shape index (κ2) is 5.08. The minimum atomic E-state index is -0.328. The van der Waals surface area contributed by atoms with Crippen molar-refractivity contribution in [2.45, 2.75) is 0 Å². The normalized spacial score (nSPS) is 11.0. The number of nitriles is 1. The number of hydrogen-bond acceptors (Lipinski definition) is 2. The summed E-state index contributed by atoms with van der Waals surface area (Å²) >= 11 is 6.43. The van der Waals surface area contributed by atoms with Gasteiger partial charge in [0.15, 0.2) is 5.65 Å². The van der Waals surface area contributed by atoms with Crippen molar-refractivity contribution in [2.75, 3.05) is 0 Å². The molecule has 0 amide bonds. The Balaban J connectivity index is 2.13. The molecule has 2 aromatic heterocycles. The molecular weight excluding hydrogens is 313 g/mol. The summed E-state index contributed by atoms with van der Waals surface area (Å²) in [7, 11) is 0. The van der Waals surface area contributed by atoms with Crippen molar-refractivity contribution in [1.29, 1.82) is 5.26 Å². The fourth-order valence-corrected chi connectivity index (χ4v) is 3.03. The molecule has 4 aromatic rings. The third-order valence-corrected chi connectivity index (χ3v) is 4.08. The van der Waals surface area contributed by atoms with Gasteiger partial charge in [0.2, 0.25) is 0 Å². The quantitative estimate of drug-likeness (QED) is 0.472. The van der Waals surface area contributed by atoms with Gasteiger partial charge in [-0.25, -0.2) is 9.37 Å². The first-order chi connectivity index (χ1) is 11.2. The van der Waals surface area contributed by atoms with Crippen molar-refractivity contribution in [3.8, 4) is 17.2 Å². The van der Waals surface area contributed by atoms with Gasteiger partial charge in [0.1, 0.15) is 22.6 Å². The lowest BCUT2D eigenvalue weighted by Gasteiger charge is -2.08. The van der Waals surface area contributed by atoms with E-state index in [1.54, 1.807) is 22.6 Å². The first kappa shape index (κ1) is 13.7. The number of imidazole rings is 1. The number of nitrogens with zero attached hydrogens (tertiary/aromatic N) is 3. The second-order valence-corrected chi connectivity index (χ2v) is 5.52. The average Bonchev–Trinajstić information content (AvgIpc) is 2.95. The van der Waals surface area contributed by atoms with Gasteiger partial charge >= 0.3 is 0 Å². The van der Waals surface area contributed by atoms with Crippen LogP contribution in [0.15, 0.2) is 54.6 Å². The Morgan fingerprint density at radius 3 is 2.57 bits per heavy atom. The zero-order valence-electron chi connectivity index (χ0n) is 11.8.